The Bertz CT molecular complexity index is 2270. The van der Waals surface area contributed by atoms with Crippen molar-refractivity contribution in [1.82, 2.24) is 14.2 Å². The zero-order valence-corrected chi connectivity index (χ0v) is 41.5. The Kier molecular flexibility index (Phi) is 17.5. The Morgan fingerprint density at radius 1 is 0.892 bits per heavy atom. The molecule has 2 heterocycles. The highest BCUT2D eigenvalue weighted by Crippen LogP contribution is 2.52. The summed E-state index contributed by atoms with van der Waals surface area (Å²) in [4.78, 5) is 41.4. The molecule has 3 aromatic carbocycles. The van der Waals surface area contributed by atoms with E-state index in [9.17, 15) is 19.6 Å². The maximum Gasteiger partial charge on any atom is 0.330 e. The van der Waals surface area contributed by atoms with E-state index < -0.39 is 64.2 Å². The molecule has 1 unspecified atom stereocenters. The van der Waals surface area contributed by atoms with Gasteiger partial charge in [-0.25, -0.2) is 9.46 Å². The largest absolute Gasteiger partial charge is 0.497 e. The van der Waals surface area contributed by atoms with Crippen LogP contribution in [-0.4, -0.2) is 86.3 Å². The van der Waals surface area contributed by atoms with Crippen LogP contribution in [-0.2, 0) is 44.7 Å². The Hall–Kier alpha value is -4.69. The van der Waals surface area contributed by atoms with Gasteiger partial charge in [0.1, 0.15) is 42.0 Å². The Balaban J connectivity index is 1.77. The zero-order valence-electron chi connectivity index (χ0n) is 39.7. The van der Waals surface area contributed by atoms with E-state index in [1.807, 2.05) is 107 Å². The normalized spacial score (nSPS) is 18.5. The van der Waals surface area contributed by atoms with Crippen LogP contribution in [0.5, 0.6) is 11.5 Å². The van der Waals surface area contributed by atoms with Crippen molar-refractivity contribution in [3.63, 3.8) is 0 Å². The second-order valence-electron chi connectivity index (χ2n) is 17.9. The molecule has 5 rings (SSSR count). The molecule has 1 N–H and O–H groups in total. The molecule has 1 aromatic heterocycles. The van der Waals surface area contributed by atoms with Gasteiger partial charge in [0.25, 0.3) is 14.1 Å². The molecule has 4 aromatic rings. The van der Waals surface area contributed by atoms with Crippen LogP contribution in [0.2, 0.25) is 18.1 Å². The van der Waals surface area contributed by atoms with Crippen LogP contribution >= 0.6 is 8.53 Å². The highest BCUT2D eigenvalue weighted by molar-refractivity contribution is 7.44. The lowest BCUT2D eigenvalue weighted by Gasteiger charge is -2.42. The number of methoxy groups -OCH3 is 2. The minimum Gasteiger partial charge on any atom is -0.497 e. The van der Waals surface area contributed by atoms with Gasteiger partial charge in [-0.2, -0.15) is 5.26 Å². The van der Waals surface area contributed by atoms with E-state index in [0.29, 0.717) is 11.5 Å². The zero-order chi connectivity index (χ0) is 47.7. The smallest absolute Gasteiger partial charge is 0.330 e. The molecule has 0 spiro atoms. The highest BCUT2D eigenvalue weighted by atomic mass is 31.2. The fourth-order valence-electron chi connectivity index (χ4n) is 7.51. The van der Waals surface area contributed by atoms with E-state index in [2.05, 4.69) is 49.6 Å². The van der Waals surface area contributed by atoms with Crippen LogP contribution in [0.3, 0.4) is 0 Å². The Morgan fingerprint density at radius 3 is 1.94 bits per heavy atom. The number of nitriles is 1. The molecule has 5 atom stereocenters. The van der Waals surface area contributed by atoms with Gasteiger partial charge >= 0.3 is 11.7 Å². The van der Waals surface area contributed by atoms with Crippen molar-refractivity contribution >= 4 is 22.8 Å². The average Bonchev–Trinajstić information content (AvgIpc) is 3.58. The molecule has 17 heteroatoms. The van der Waals surface area contributed by atoms with Gasteiger partial charge in [0, 0.05) is 25.2 Å². The predicted molar refractivity (Wildman–Crippen MR) is 251 cm³/mol. The maximum absolute atomic E-state index is 14.0. The summed E-state index contributed by atoms with van der Waals surface area (Å²) < 4.78 is 55.3. The third-order valence-electron chi connectivity index (χ3n) is 11.8. The van der Waals surface area contributed by atoms with E-state index in [4.69, 9.17) is 37.2 Å². The number of nitrogens with one attached hydrogen (secondary N) is 1. The Labute approximate surface area is 385 Å². The molecule has 0 amide bonds. The standard InChI is InChI=1S/C48H65N4O11PSi/c1-32(2)52(33(3)4)64(60-28-16-27-49)62-42-41(61-45(43(42)63-65(11,12)47(6,7)8)51-29-35(30-58-34(5)53)44(54)50-46(51)55)31-59-48(36-17-14-13-15-18-36,37-19-23-39(56-9)24-20-37)38-21-25-40(57-10)26-22-38/h13-15,17-26,29,32-33,41-43,45H,16,28,30-31H2,1-12H3,(H,50,54,55)/t41-,42-,43-,45-,64?/m1/s1. The molecule has 0 aliphatic carbocycles. The number of rotatable bonds is 21. The molecule has 1 saturated heterocycles. The molecule has 1 fully saturated rings. The molecule has 0 saturated carbocycles. The van der Waals surface area contributed by atoms with Gasteiger partial charge < -0.3 is 37.2 Å². The second kappa shape index (κ2) is 22.2. The lowest BCUT2D eigenvalue weighted by Crippen LogP contribution is -2.51. The molecule has 1 aliphatic heterocycles. The van der Waals surface area contributed by atoms with Crippen molar-refractivity contribution in [2.75, 3.05) is 27.4 Å². The van der Waals surface area contributed by atoms with Gasteiger partial charge in [0.2, 0.25) is 0 Å². The van der Waals surface area contributed by atoms with E-state index in [1.54, 1.807) is 14.2 Å². The van der Waals surface area contributed by atoms with Crippen LogP contribution in [0.25, 0.3) is 0 Å². The van der Waals surface area contributed by atoms with E-state index >= 15 is 0 Å². The first-order valence-electron chi connectivity index (χ1n) is 21.8. The number of aromatic amines is 1. The summed E-state index contributed by atoms with van der Waals surface area (Å²) in [7, 11) is -1.42. The number of hydrogen-bond donors (Lipinski definition) is 1. The number of aromatic nitrogens is 2. The van der Waals surface area contributed by atoms with Crippen LogP contribution in [0, 0.1) is 11.3 Å². The molecule has 352 valence electrons. The first kappa shape index (κ1) is 51.3. The molecule has 65 heavy (non-hydrogen) atoms. The molecular formula is C48H65N4O11PSi. The summed E-state index contributed by atoms with van der Waals surface area (Å²) in [5.41, 5.74) is -0.303. The number of H-pyrrole nitrogens is 1. The molecular weight excluding hydrogens is 868 g/mol. The first-order valence-corrected chi connectivity index (χ1v) is 25.9. The van der Waals surface area contributed by atoms with Gasteiger partial charge in [0.05, 0.1) is 45.5 Å². The van der Waals surface area contributed by atoms with Crippen molar-refractivity contribution in [1.29, 1.82) is 5.26 Å². The molecule has 1 aliphatic rings. The van der Waals surface area contributed by atoms with Gasteiger partial charge in [-0.15, -0.1) is 0 Å². The van der Waals surface area contributed by atoms with Crippen LogP contribution in [0.4, 0.5) is 0 Å². The summed E-state index contributed by atoms with van der Waals surface area (Å²) in [5.74, 6) is 0.732. The number of carbonyl (C=O) groups excluding carboxylic acids is 1. The van der Waals surface area contributed by atoms with Gasteiger partial charge in [-0.05, 0) is 86.8 Å². The lowest BCUT2D eigenvalue weighted by atomic mass is 9.80. The highest BCUT2D eigenvalue weighted by Gasteiger charge is 2.54. The second-order valence-corrected chi connectivity index (χ2v) is 24.1. The third kappa shape index (κ3) is 12.0. The third-order valence-corrected chi connectivity index (χ3v) is 18.4. The van der Waals surface area contributed by atoms with Crippen LogP contribution in [0.15, 0.2) is 94.6 Å². The first-order chi connectivity index (χ1) is 30.8. The summed E-state index contributed by atoms with van der Waals surface area (Å²) >= 11 is 0. The predicted octanol–water partition coefficient (Wildman–Crippen LogP) is 8.57. The van der Waals surface area contributed by atoms with Gasteiger partial charge in [-0.1, -0.05) is 75.4 Å². The van der Waals surface area contributed by atoms with E-state index in [1.165, 1.54) is 17.7 Å². The number of ether oxygens (including phenoxy) is 5. The number of nitrogens with zero attached hydrogens (tertiary/aromatic N) is 3. The van der Waals surface area contributed by atoms with Crippen molar-refractivity contribution in [3.8, 4) is 17.6 Å². The molecule has 0 radical (unpaired) electrons. The fraction of sp³-hybridized carbons (Fsp3) is 0.500. The summed E-state index contributed by atoms with van der Waals surface area (Å²) in [6.45, 7) is 19.6. The summed E-state index contributed by atoms with van der Waals surface area (Å²) in [5, 5.41) is 9.25. The van der Waals surface area contributed by atoms with Crippen molar-refractivity contribution in [2.24, 2.45) is 0 Å². The topological polar surface area (TPSA) is 173 Å². The molecule has 0 bridgehead atoms. The van der Waals surface area contributed by atoms with Crippen LogP contribution in [0.1, 0.15) is 90.3 Å². The Morgan fingerprint density at radius 2 is 1.45 bits per heavy atom. The maximum atomic E-state index is 14.0. The summed E-state index contributed by atoms with van der Waals surface area (Å²) in [6.07, 6.45) is -2.59. The minimum atomic E-state index is -2.75. The van der Waals surface area contributed by atoms with E-state index in [0.717, 1.165) is 16.7 Å². The number of benzene rings is 3. The fourth-order valence-corrected chi connectivity index (χ4v) is 10.6. The van der Waals surface area contributed by atoms with Crippen molar-refractivity contribution in [3.05, 3.63) is 128 Å². The van der Waals surface area contributed by atoms with E-state index in [-0.39, 0.29) is 48.9 Å². The molecule has 15 nitrogen and oxygen atoms in total. The van der Waals surface area contributed by atoms with Gasteiger partial charge in [0.15, 0.2) is 14.5 Å². The summed E-state index contributed by atoms with van der Waals surface area (Å²) in [6, 6.07) is 27.3. The minimum absolute atomic E-state index is 0.0293. The van der Waals surface area contributed by atoms with Gasteiger partial charge in [-0.3, -0.25) is 19.1 Å². The van der Waals surface area contributed by atoms with Crippen molar-refractivity contribution in [2.45, 2.75) is 129 Å². The lowest BCUT2D eigenvalue weighted by molar-refractivity contribution is -0.142. The van der Waals surface area contributed by atoms with Crippen molar-refractivity contribution < 1.29 is 42.0 Å². The SMILES string of the molecule is COc1ccc(C(OC[C@H]2O[C@@H](n3cc(COC(C)=O)c(=O)[nH]c3=O)[C@H](O[Si](C)(C)C(C)(C)C)[C@@H]2OP(OCCC#N)N(C(C)C)C(C)C)(c2ccccc2)c2ccc(OC)cc2)cc1. The number of carbonyl (C=O) groups is 1. The van der Waals surface area contributed by atoms with Crippen LogP contribution < -0.4 is 20.7 Å². The quantitative estimate of drug-likeness (QED) is 0.0277. The number of hydrogen-bond acceptors (Lipinski definition) is 13. The monoisotopic (exact) mass is 932 g/mol. The number of esters is 1. The average molecular weight is 933 g/mol.